The average Bonchev–Trinajstić information content (AvgIpc) is 2.48. The third kappa shape index (κ3) is 2.39. The second-order valence-corrected chi connectivity index (χ2v) is 7.14. The number of nitrogens with zero attached hydrogens (tertiary/aromatic N) is 1. The lowest BCUT2D eigenvalue weighted by Crippen LogP contribution is -2.55. The second-order valence-electron chi connectivity index (χ2n) is 7.14. The molecule has 4 aliphatic rings. The summed E-state index contributed by atoms with van der Waals surface area (Å²) < 4.78 is 0. The Morgan fingerprint density at radius 2 is 1.77 bits per heavy atom. The van der Waals surface area contributed by atoms with Crippen LogP contribution in [0.15, 0.2) is 35.3 Å². The summed E-state index contributed by atoms with van der Waals surface area (Å²) in [5.74, 6) is 1.67. The smallest absolute Gasteiger partial charge is 0.241 e. The minimum atomic E-state index is -0.138. The third-order valence-electron chi connectivity index (χ3n) is 5.45. The third-order valence-corrected chi connectivity index (χ3v) is 5.45. The first-order valence-corrected chi connectivity index (χ1v) is 8.20. The van der Waals surface area contributed by atoms with E-state index >= 15 is 0 Å². The van der Waals surface area contributed by atoms with E-state index in [0.717, 1.165) is 24.7 Å². The van der Waals surface area contributed by atoms with Gasteiger partial charge in [-0.15, -0.1) is 0 Å². The predicted octanol–water partition coefficient (Wildman–Crippen LogP) is 2.33. The lowest BCUT2D eigenvalue weighted by Gasteiger charge is -2.53. The van der Waals surface area contributed by atoms with E-state index in [1.165, 1.54) is 30.5 Å². The fourth-order valence-electron chi connectivity index (χ4n) is 4.60. The molecule has 4 bridgehead atoms. The normalized spacial score (nSPS) is 32.1. The highest BCUT2D eigenvalue weighted by Gasteiger charge is 2.45. The summed E-state index contributed by atoms with van der Waals surface area (Å²) >= 11 is 0. The molecule has 2 radical (unpaired) electrons. The number of rotatable bonds is 2. The molecule has 3 nitrogen and oxygen atoms in total. The summed E-state index contributed by atoms with van der Waals surface area (Å²) in [6.07, 6.45) is 2.42. The van der Waals surface area contributed by atoms with Crippen LogP contribution in [-0.2, 0) is 4.79 Å². The molecule has 1 amide bonds. The largest absolute Gasteiger partial charge is 0.323 e. The number of amides is 1. The number of hydrogen-bond acceptors (Lipinski definition) is 2. The molecule has 0 aromatic heterocycles. The first-order chi connectivity index (χ1) is 10.6. The van der Waals surface area contributed by atoms with E-state index in [1.807, 2.05) is 31.2 Å². The Bertz CT molecular complexity index is 605. The molecule has 4 heteroatoms. The molecule has 2 atom stereocenters. The molecule has 5 rings (SSSR count). The molecular weight excluding hydrogens is 271 g/mol. The zero-order valence-corrected chi connectivity index (χ0v) is 13.0. The van der Waals surface area contributed by atoms with Crippen LogP contribution >= 0.6 is 0 Å². The molecular formula is C18H21BN2O. The van der Waals surface area contributed by atoms with Gasteiger partial charge in [-0.2, -0.15) is 0 Å². The van der Waals surface area contributed by atoms with Crippen molar-refractivity contribution in [3.63, 3.8) is 0 Å². The summed E-state index contributed by atoms with van der Waals surface area (Å²) in [6.45, 7) is 5.45. The Balaban J connectivity index is 1.56. The van der Waals surface area contributed by atoms with E-state index in [0.29, 0.717) is 17.3 Å². The van der Waals surface area contributed by atoms with Gasteiger partial charge in [0.1, 0.15) is 7.85 Å². The summed E-state index contributed by atoms with van der Waals surface area (Å²) in [6, 6.07) is 7.84. The lowest BCUT2D eigenvalue weighted by atomic mass is 9.62. The van der Waals surface area contributed by atoms with Crippen molar-refractivity contribution in [2.45, 2.75) is 19.8 Å². The van der Waals surface area contributed by atoms with Gasteiger partial charge in [-0.25, -0.2) is 0 Å². The highest BCUT2D eigenvalue weighted by Crippen LogP contribution is 2.47. The Morgan fingerprint density at radius 3 is 2.36 bits per heavy atom. The Labute approximate surface area is 133 Å². The van der Waals surface area contributed by atoms with Crippen LogP contribution in [0.4, 0.5) is 5.69 Å². The number of anilines is 1. The molecule has 1 N–H and O–H groups in total. The molecule has 3 heterocycles. The number of piperidine rings is 3. The molecule has 1 saturated carbocycles. The van der Waals surface area contributed by atoms with Crippen molar-refractivity contribution < 1.29 is 4.79 Å². The second kappa shape index (κ2) is 5.27. The maximum atomic E-state index is 12.5. The maximum Gasteiger partial charge on any atom is 0.241 e. The van der Waals surface area contributed by atoms with Gasteiger partial charge >= 0.3 is 0 Å². The van der Waals surface area contributed by atoms with Gasteiger partial charge in [-0.1, -0.05) is 23.3 Å². The van der Waals surface area contributed by atoms with Gasteiger partial charge in [0.2, 0.25) is 5.91 Å². The van der Waals surface area contributed by atoms with E-state index in [-0.39, 0.29) is 5.91 Å². The van der Waals surface area contributed by atoms with Gasteiger partial charge < -0.3 is 10.2 Å². The fourth-order valence-corrected chi connectivity index (χ4v) is 4.60. The van der Waals surface area contributed by atoms with Gasteiger partial charge in [-0.05, 0) is 55.1 Å². The molecule has 3 saturated heterocycles. The fraction of sp³-hybridized carbons (Fsp3) is 0.500. The number of carbonyl (C=O) groups is 1. The SMILES string of the molecule is [B]C(C(=O)Nc1ccc(C)cc1)=C1C2CC3CC1CN(C3)C2. The van der Waals surface area contributed by atoms with Crippen molar-refractivity contribution >= 4 is 19.4 Å². The van der Waals surface area contributed by atoms with Crippen molar-refractivity contribution in [3.8, 4) is 0 Å². The van der Waals surface area contributed by atoms with Crippen LogP contribution in [0.25, 0.3) is 0 Å². The summed E-state index contributed by atoms with van der Waals surface area (Å²) in [5, 5.41) is 2.94. The molecule has 0 spiro atoms. The first kappa shape index (κ1) is 14.1. The summed E-state index contributed by atoms with van der Waals surface area (Å²) in [4.78, 5) is 15.1. The number of aryl methyl sites for hydroxylation is 1. The molecule has 4 fully saturated rings. The van der Waals surface area contributed by atoms with Crippen molar-refractivity contribution in [1.29, 1.82) is 0 Å². The zero-order valence-electron chi connectivity index (χ0n) is 13.0. The van der Waals surface area contributed by atoms with Gasteiger partial charge in [0.15, 0.2) is 0 Å². The van der Waals surface area contributed by atoms with Crippen LogP contribution in [-0.4, -0.2) is 38.3 Å². The van der Waals surface area contributed by atoms with Crippen molar-refractivity contribution in [1.82, 2.24) is 4.90 Å². The van der Waals surface area contributed by atoms with Gasteiger partial charge in [0.05, 0.1) is 0 Å². The van der Waals surface area contributed by atoms with Crippen molar-refractivity contribution in [2.24, 2.45) is 17.8 Å². The van der Waals surface area contributed by atoms with Gasteiger partial charge in [-0.3, -0.25) is 4.79 Å². The van der Waals surface area contributed by atoms with Crippen LogP contribution < -0.4 is 5.32 Å². The van der Waals surface area contributed by atoms with Crippen LogP contribution in [0.1, 0.15) is 18.4 Å². The van der Waals surface area contributed by atoms with E-state index in [1.54, 1.807) is 0 Å². The molecule has 1 aliphatic carbocycles. The number of nitrogens with one attached hydrogen (secondary N) is 1. The quantitative estimate of drug-likeness (QED) is 0.670. The van der Waals surface area contributed by atoms with E-state index in [9.17, 15) is 4.79 Å². The Morgan fingerprint density at radius 1 is 1.14 bits per heavy atom. The highest BCUT2D eigenvalue weighted by atomic mass is 16.1. The lowest BCUT2D eigenvalue weighted by molar-refractivity contribution is -0.112. The maximum absolute atomic E-state index is 12.5. The Hall–Kier alpha value is -1.55. The average molecular weight is 292 g/mol. The van der Waals surface area contributed by atoms with Crippen LogP contribution in [0.5, 0.6) is 0 Å². The van der Waals surface area contributed by atoms with Crippen LogP contribution in [0.3, 0.4) is 0 Å². The van der Waals surface area contributed by atoms with E-state index < -0.39 is 0 Å². The zero-order chi connectivity index (χ0) is 15.3. The van der Waals surface area contributed by atoms with Gasteiger partial charge in [0, 0.05) is 25.3 Å². The monoisotopic (exact) mass is 292 g/mol. The number of hydrogen-bond donors (Lipinski definition) is 1. The topological polar surface area (TPSA) is 32.3 Å². The summed E-state index contributed by atoms with van der Waals surface area (Å²) in [5.41, 5.74) is 3.69. The summed E-state index contributed by atoms with van der Waals surface area (Å²) in [7, 11) is 6.27. The number of carbonyl (C=O) groups excluding carboxylic acids is 1. The van der Waals surface area contributed by atoms with Crippen molar-refractivity contribution in [3.05, 3.63) is 40.9 Å². The highest BCUT2D eigenvalue weighted by molar-refractivity contribution is 6.39. The predicted molar refractivity (Wildman–Crippen MR) is 88.7 cm³/mol. The van der Waals surface area contributed by atoms with Gasteiger partial charge in [0.25, 0.3) is 0 Å². The molecule has 1 aromatic rings. The first-order valence-electron chi connectivity index (χ1n) is 8.20. The molecule has 3 aliphatic heterocycles. The molecule has 2 unspecified atom stereocenters. The molecule has 112 valence electrons. The molecule has 22 heavy (non-hydrogen) atoms. The van der Waals surface area contributed by atoms with Crippen LogP contribution in [0.2, 0.25) is 0 Å². The minimum Gasteiger partial charge on any atom is -0.323 e. The van der Waals surface area contributed by atoms with E-state index in [4.69, 9.17) is 7.85 Å². The van der Waals surface area contributed by atoms with E-state index in [2.05, 4.69) is 10.2 Å². The van der Waals surface area contributed by atoms with Crippen LogP contribution in [0, 0.1) is 24.7 Å². The van der Waals surface area contributed by atoms with Crippen molar-refractivity contribution in [2.75, 3.05) is 25.0 Å². The number of benzene rings is 1. The minimum absolute atomic E-state index is 0.138. The molecule has 1 aromatic carbocycles. The standard InChI is InChI=1S/C18H21BN2O/c1-11-2-4-15(5-3-11)20-18(22)17(19)16-13-6-12-7-14(16)10-21(8-12)9-13/h2-5,12-14H,6-10H2,1H3,(H,20,22). The Kier molecular flexibility index (Phi) is 3.37.